The van der Waals surface area contributed by atoms with E-state index >= 15 is 0 Å². The Kier molecular flexibility index (Phi) is 3.52. The van der Waals surface area contributed by atoms with E-state index in [1.54, 1.807) is 0 Å². The third-order valence-corrected chi connectivity index (χ3v) is 3.37. The van der Waals surface area contributed by atoms with Gasteiger partial charge in [0.1, 0.15) is 5.78 Å². The van der Waals surface area contributed by atoms with Crippen LogP contribution >= 0.6 is 0 Å². The first-order chi connectivity index (χ1) is 6.02. The highest BCUT2D eigenvalue weighted by Crippen LogP contribution is 2.35. The van der Waals surface area contributed by atoms with Gasteiger partial charge >= 0.3 is 0 Å². The molecule has 0 aromatic heterocycles. The van der Waals surface area contributed by atoms with Gasteiger partial charge in [0.25, 0.3) is 0 Å². The lowest BCUT2D eigenvalue weighted by molar-refractivity contribution is -0.128. The van der Waals surface area contributed by atoms with E-state index in [-0.39, 0.29) is 5.92 Å². The zero-order valence-electron chi connectivity index (χ0n) is 9.34. The molecule has 0 N–H and O–H groups in total. The number of rotatable bonds is 2. The summed E-state index contributed by atoms with van der Waals surface area (Å²) in [5.41, 5.74) is 0. The Hall–Kier alpha value is -0.330. The summed E-state index contributed by atoms with van der Waals surface area (Å²) in [6.07, 6.45) is 3.61. The van der Waals surface area contributed by atoms with Crippen LogP contribution in [0.5, 0.6) is 0 Å². The predicted molar refractivity (Wildman–Crippen MR) is 55.5 cm³/mol. The summed E-state index contributed by atoms with van der Waals surface area (Å²) in [5, 5.41) is 0. The minimum absolute atomic E-state index is 0.223. The second-order valence-electron chi connectivity index (χ2n) is 5.06. The first kappa shape index (κ1) is 10.7. The lowest BCUT2D eigenvalue weighted by Crippen LogP contribution is -2.30. The Morgan fingerprint density at radius 1 is 1.23 bits per heavy atom. The fourth-order valence-electron chi connectivity index (χ4n) is 2.52. The van der Waals surface area contributed by atoms with Crippen molar-refractivity contribution in [3.63, 3.8) is 0 Å². The van der Waals surface area contributed by atoms with Crippen molar-refractivity contribution in [2.24, 2.45) is 23.7 Å². The van der Waals surface area contributed by atoms with Crippen molar-refractivity contribution in [3.8, 4) is 0 Å². The van der Waals surface area contributed by atoms with E-state index in [1.807, 2.05) is 13.8 Å². The first-order valence-corrected chi connectivity index (χ1v) is 5.56. The maximum Gasteiger partial charge on any atom is 0.138 e. The molecule has 1 fully saturated rings. The van der Waals surface area contributed by atoms with Crippen molar-refractivity contribution in [1.29, 1.82) is 0 Å². The van der Waals surface area contributed by atoms with Crippen LogP contribution in [0, 0.1) is 23.7 Å². The van der Waals surface area contributed by atoms with E-state index < -0.39 is 0 Å². The van der Waals surface area contributed by atoms with Gasteiger partial charge in [-0.2, -0.15) is 0 Å². The van der Waals surface area contributed by atoms with Crippen LogP contribution < -0.4 is 0 Å². The van der Waals surface area contributed by atoms with E-state index in [0.717, 1.165) is 12.3 Å². The minimum Gasteiger partial charge on any atom is -0.299 e. The van der Waals surface area contributed by atoms with Gasteiger partial charge in [-0.3, -0.25) is 4.79 Å². The number of carbonyl (C=O) groups is 1. The summed E-state index contributed by atoms with van der Waals surface area (Å²) >= 11 is 0. The fourth-order valence-corrected chi connectivity index (χ4v) is 2.52. The third kappa shape index (κ3) is 2.55. The van der Waals surface area contributed by atoms with E-state index in [4.69, 9.17) is 0 Å². The van der Waals surface area contributed by atoms with Crippen LogP contribution in [0.15, 0.2) is 0 Å². The Balaban J connectivity index is 2.56. The van der Waals surface area contributed by atoms with E-state index in [9.17, 15) is 4.79 Å². The summed E-state index contributed by atoms with van der Waals surface area (Å²) in [6, 6.07) is 0. The number of hydrogen-bond donors (Lipinski definition) is 0. The lowest BCUT2D eigenvalue weighted by atomic mass is 9.72. The second kappa shape index (κ2) is 4.26. The van der Waals surface area contributed by atoms with Gasteiger partial charge in [-0.05, 0) is 24.7 Å². The van der Waals surface area contributed by atoms with Gasteiger partial charge in [-0.25, -0.2) is 0 Å². The highest BCUT2D eigenvalue weighted by Gasteiger charge is 2.31. The highest BCUT2D eigenvalue weighted by atomic mass is 16.1. The summed E-state index contributed by atoms with van der Waals surface area (Å²) in [6.45, 7) is 8.58. The Labute approximate surface area is 81.9 Å². The van der Waals surface area contributed by atoms with Gasteiger partial charge in [-0.15, -0.1) is 0 Å². The van der Waals surface area contributed by atoms with Crippen LogP contribution in [-0.4, -0.2) is 5.78 Å². The standard InChI is InChI=1S/C12H22O/c1-8(2)12(13)11-6-5-9(3)7-10(11)4/h8-11H,5-7H2,1-4H3. The number of ketones is 1. The first-order valence-electron chi connectivity index (χ1n) is 5.56. The van der Waals surface area contributed by atoms with Gasteiger partial charge in [0.15, 0.2) is 0 Å². The molecular formula is C12H22O. The van der Waals surface area contributed by atoms with Crippen LogP contribution in [0.4, 0.5) is 0 Å². The van der Waals surface area contributed by atoms with Gasteiger partial charge in [-0.1, -0.05) is 34.1 Å². The second-order valence-corrected chi connectivity index (χ2v) is 5.06. The molecule has 0 amide bonds. The molecule has 0 radical (unpaired) electrons. The zero-order valence-corrected chi connectivity index (χ0v) is 9.34. The molecule has 0 aromatic rings. The molecule has 0 bridgehead atoms. The molecule has 0 spiro atoms. The monoisotopic (exact) mass is 182 g/mol. The SMILES string of the molecule is CC1CCC(C(=O)C(C)C)C(C)C1. The molecule has 0 heterocycles. The van der Waals surface area contributed by atoms with E-state index in [0.29, 0.717) is 17.6 Å². The van der Waals surface area contributed by atoms with Crippen LogP contribution in [0.2, 0.25) is 0 Å². The van der Waals surface area contributed by atoms with Crippen molar-refractivity contribution in [2.75, 3.05) is 0 Å². The quantitative estimate of drug-likeness (QED) is 0.640. The summed E-state index contributed by atoms with van der Waals surface area (Å²) in [4.78, 5) is 11.8. The Morgan fingerprint density at radius 2 is 1.85 bits per heavy atom. The molecule has 1 aliphatic carbocycles. The molecule has 76 valence electrons. The summed E-state index contributed by atoms with van der Waals surface area (Å²) < 4.78 is 0. The number of Topliss-reactive ketones (excluding diaryl/α,β-unsaturated/α-hetero) is 1. The van der Waals surface area contributed by atoms with Crippen molar-refractivity contribution in [2.45, 2.75) is 47.0 Å². The van der Waals surface area contributed by atoms with Crippen molar-refractivity contribution < 1.29 is 4.79 Å². The molecule has 0 aromatic carbocycles. The van der Waals surface area contributed by atoms with Crippen molar-refractivity contribution >= 4 is 5.78 Å². The highest BCUT2D eigenvalue weighted by molar-refractivity contribution is 5.83. The van der Waals surface area contributed by atoms with Crippen molar-refractivity contribution in [3.05, 3.63) is 0 Å². The molecule has 3 unspecified atom stereocenters. The normalized spacial score (nSPS) is 35.0. The predicted octanol–water partition coefficient (Wildman–Crippen LogP) is 3.28. The molecular weight excluding hydrogens is 160 g/mol. The number of hydrogen-bond acceptors (Lipinski definition) is 1. The zero-order chi connectivity index (χ0) is 10.0. The average molecular weight is 182 g/mol. The van der Waals surface area contributed by atoms with Gasteiger partial charge in [0.05, 0.1) is 0 Å². The third-order valence-electron chi connectivity index (χ3n) is 3.37. The molecule has 1 heteroatoms. The molecule has 0 aliphatic heterocycles. The van der Waals surface area contributed by atoms with Crippen LogP contribution in [0.1, 0.15) is 47.0 Å². The molecule has 13 heavy (non-hydrogen) atoms. The van der Waals surface area contributed by atoms with Crippen molar-refractivity contribution in [1.82, 2.24) is 0 Å². The maximum absolute atomic E-state index is 11.8. The largest absolute Gasteiger partial charge is 0.299 e. The van der Waals surface area contributed by atoms with Gasteiger partial charge in [0.2, 0.25) is 0 Å². The van der Waals surface area contributed by atoms with Crippen LogP contribution in [-0.2, 0) is 4.79 Å². The van der Waals surface area contributed by atoms with Crippen LogP contribution in [0.3, 0.4) is 0 Å². The van der Waals surface area contributed by atoms with E-state index in [1.165, 1.54) is 12.8 Å². The Morgan fingerprint density at radius 3 is 2.31 bits per heavy atom. The minimum atomic E-state index is 0.223. The molecule has 1 saturated carbocycles. The lowest BCUT2D eigenvalue weighted by Gasteiger charge is -2.32. The van der Waals surface area contributed by atoms with Gasteiger partial charge in [0, 0.05) is 11.8 Å². The summed E-state index contributed by atoms with van der Waals surface area (Å²) in [5.74, 6) is 2.50. The average Bonchev–Trinajstić information content (AvgIpc) is 2.03. The molecule has 1 nitrogen and oxygen atoms in total. The molecule has 1 aliphatic rings. The smallest absolute Gasteiger partial charge is 0.138 e. The molecule has 1 rings (SSSR count). The van der Waals surface area contributed by atoms with E-state index in [2.05, 4.69) is 13.8 Å². The van der Waals surface area contributed by atoms with Crippen LogP contribution in [0.25, 0.3) is 0 Å². The molecule has 0 saturated heterocycles. The fraction of sp³-hybridized carbons (Fsp3) is 0.917. The topological polar surface area (TPSA) is 17.1 Å². The van der Waals surface area contributed by atoms with Gasteiger partial charge < -0.3 is 0 Å². The Bertz CT molecular complexity index is 184. The maximum atomic E-state index is 11.8. The molecule has 3 atom stereocenters. The summed E-state index contributed by atoms with van der Waals surface area (Å²) in [7, 11) is 0. The number of carbonyl (C=O) groups excluding carboxylic acids is 1.